The Morgan fingerprint density at radius 3 is 2.83 bits per heavy atom. The molecule has 64 valence electrons. The highest BCUT2D eigenvalue weighted by Crippen LogP contribution is 2.10. The maximum absolute atomic E-state index is 10.0. The molecule has 0 heterocycles. The van der Waals surface area contributed by atoms with Crippen molar-refractivity contribution in [2.45, 2.75) is 6.42 Å². The molecule has 12 heavy (non-hydrogen) atoms. The fraction of sp³-hybridized carbons (Fsp3) is 0.250. The Bertz CT molecular complexity index is 285. The lowest BCUT2D eigenvalue weighted by Gasteiger charge is -1.97. The van der Waals surface area contributed by atoms with Crippen LogP contribution >= 0.6 is 0 Å². The van der Waals surface area contributed by atoms with E-state index in [1.165, 1.54) is 12.1 Å². The van der Waals surface area contributed by atoms with E-state index in [9.17, 15) is 10.1 Å². The minimum atomic E-state index is -0.371. The first-order valence-electron chi connectivity index (χ1n) is 3.58. The van der Waals surface area contributed by atoms with Crippen molar-refractivity contribution in [2.75, 3.05) is 6.54 Å². The van der Waals surface area contributed by atoms with Crippen LogP contribution in [0.4, 0.5) is 0 Å². The molecule has 0 unspecified atom stereocenters. The van der Waals surface area contributed by atoms with Crippen molar-refractivity contribution < 1.29 is 10.0 Å². The summed E-state index contributed by atoms with van der Waals surface area (Å²) in [5.74, 6) is 0.149. The van der Waals surface area contributed by atoms with Gasteiger partial charge in [-0.3, -0.25) is 10.1 Å². The van der Waals surface area contributed by atoms with Gasteiger partial charge in [-0.25, -0.2) is 0 Å². The zero-order valence-corrected chi connectivity index (χ0v) is 6.43. The van der Waals surface area contributed by atoms with E-state index in [1.807, 2.05) is 0 Å². The molecular formula is C8H9NO3. The molecule has 0 fully saturated rings. The highest BCUT2D eigenvalue weighted by Gasteiger charge is 1.99. The summed E-state index contributed by atoms with van der Waals surface area (Å²) in [4.78, 5) is 9.63. The van der Waals surface area contributed by atoms with Crippen molar-refractivity contribution in [3.05, 3.63) is 39.9 Å². The summed E-state index contributed by atoms with van der Waals surface area (Å²) in [6.07, 6.45) is 0.362. The Balaban J connectivity index is 2.57. The first kappa shape index (κ1) is 8.52. The van der Waals surface area contributed by atoms with Gasteiger partial charge in [-0.2, -0.15) is 0 Å². The van der Waals surface area contributed by atoms with Gasteiger partial charge in [-0.15, -0.1) is 0 Å². The molecular weight excluding hydrogens is 158 g/mol. The molecule has 1 N–H and O–H groups in total. The second kappa shape index (κ2) is 3.71. The van der Waals surface area contributed by atoms with Crippen LogP contribution in [-0.2, 0) is 6.42 Å². The Hall–Kier alpha value is -1.58. The maximum Gasteiger partial charge on any atom is 0.207 e. The van der Waals surface area contributed by atoms with Crippen LogP contribution in [0, 0.1) is 10.1 Å². The van der Waals surface area contributed by atoms with Crippen molar-refractivity contribution >= 4 is 0 Å². The van der Waals surface area contributed by atoms with Crippen LogP contribution in [0.25, 0.3) is 0 Å². The Labute approximate surface area is 69.6 Å². The van der Waals surface area contributed by atoms with Crippen LogP contribution in [0.5, 0.6) is 5.75 Å². The van der Waals surface area contributed by atoms with Gasteiger partial charge in [-0.1, -0.05) is 12.1 Å². The number of hydrogen-bond acceptors (Lipinski definition) is 3. The Morgan fingerprint density at radius 2 is 2.25 bits per heavy atom. The Morgan fingerprint density at radius 1 is 1.50 bits per heavy atom. The average molecular weight is 167 g/mol. The maximum atomic E-state index is 10.0. The summed E-state index contributed by atoms with van der Waals surface area (Å²) in [6.45, 7) is -0.0938. The van der Waals surface area contributed by atoms with E-state index in [1.54, 1.807) is 12.1 Å². The summed E-state index contributed by atoms with van der Waals surface area (Å²) < 4.78 is 0. The number of aromatic hydroxyl groups is 1. The molecule has 0 spiro atoms. The quantitative estimate of drug-likeness (QED) is 0.543. The number of phenolic OH excluding ortho intramolecular Hbond substituents is 1. The van der Waals surface area contributed by atoms with Gasteiger partial charge >= 0.3 is 0 Å². The summed E-state index contributed by atoms with van der Waals surface area (Å²) in [5, 5.41) is 19.0. The second-order valence-corrected chi connectivity index (χ2v) is 2.48. The van der Waals surface area contributed by atoms with Crippen LogP contribution in [-0.4, -0.2) is 16.6 Å². The molecule has 0 saturated carbocycles. The molecule has 1 aromatic rings. The second-order valence-electron chi connectivity index (χ2n) is 2.48. The smallest absolute Gasteiger partial charge is 0.207 e. The van der Waals surface area contributed by atoms with Crippen LogP contribution in [0.1, 0.15) is 5.56 Å². The van der Waals surface area contributed by atoms with Gasteiger partial charge in [0.05, 0.1) is 0 Å². The number of hydrogen-bond donors (Lipinski definition) is 1. The molecule has 0 atom stereocenters. The van der Waals surface area contributed by atoms with Crippen LogP contribution in [0.3, 0.4) is 0 Å². The molecule has 0 saturated heterocycles. The minimum absolute atomic E-state index is 0.0938. The minimum Gasteiger partial charge on any atom is -0.508 e. The molecule has 0 aliphatic carbocycles. The lowest BCUT2D eigenvalue weighted by molar-refractivity contribution is -0.479. The van der Waals surface area contributed by atoms with Gasteiger partial charge in [0.1, 0.15) is 5.75 Å². The molecule has 4 heteroatoms. The highest BCUT2D eigenvalue weighted by atomic mass is 16.6. The van der Waals surface area contributed by atoms with Gasteiger partial charge in [0.15, 0.2) is 0 Å². The van der Waals surface area contributed by atoms with E-state index in [4.69, 9.17) is 5.11 Å². The fourth-order valence-corrected chi connectivity index (χ4v) is 0.932. The molecule has 1 aromatic carbocycles. The zero-order chi connectivity index (χ0) is 8.97. The average Bonchev–Trinajstić information content (AvgIpc) is 2.01. The molecule has 1 rings (SSSR count). The van der Waals surface area contributed by atoms with Crippen LogP contribution < -0.4 is 0 Å². The predicted octanol–water partition coefficient (Wildman–Crippen LogP) is 1.21. The number of phenols is 1. The molecule has 0 aliphatic rings. The van der Waals surface area contributed by atoms with Gasteiger partial charge in [-0.05, 0) is 17.7 Å². The third-order valence-corrected chi connectivity index (χ3v) is 1.49. The fourth-order valence-electron chi connectivity index (χ4n) is 0.932. The summed E-state index contributed by atoms with van der Waals surface area (Å²) in [5.41, 5.74) is 0.784. The first-order valence-corrected chi connectivity index (χ1v) is 3.58. The number of benzene rings is 1. The lowest BCUT2D eigenvalue weighted by atomic mass is 10.1. The van der Waals surface area contributed by atoms with Crippen molar-refractivity contribution in [1.29, 1.82) is 0 Å². The SMILES string of the molecule is O=[N+]([O-])CCc1cccc(O)c1. The molecule has 4 nitrogen and oxygen atoms in total. The van der Waals surface area contributed by atoms with E-state index in [-0.39, 0.29) is 17.2 Å². The predicted molar refractivity (Wildman–Crippen MR) is 43.7 cm³/mol. The highest BCUT2D eigenvalue weighted by molar-refractivity contribution is 5.27. The van der Waals surface area contributed by atoms with E-state index >= 15 is 0 Å². The third-order valence-electron chi connectivity index (χ3n) is 1.49. The molecule has 0 bridgehead atoms. The summed E-state index contributed by atoms with van der Waals surface area (Å²) in [6, 6.07) is 6.49. The number of rotatable bonds is 3. The molecule has 0 aromatic heterocycles. The molecule has 0 aliphatic heterocycles. The van der Waals surface area contributed by atoms with Gasteiger partial charge in [0.25, 0.3) is 0 Å². The van der Waals surface area contributed by atoms with E-state index in [0.717, 1.165) is 5.56 Å². The Kier molecular flexibility index (Phi) is 2.63. The van der Waals surface area contributed by atoms with E-state index < -0.39 is 0 Å². The molecule has 0 amide bonds. The topological polar surface area (TPSA) is 63.4 Å². The largest absolute Gasteiger partial charge is 0.508 e. The number of nitrogens with zero attached hydrogens (tertiary/aromatic N) is 1. The van der Waals surface area contributed by atoms with Gasteiger partial charge in [0.2, 0.25) is 6.54 Å². The van der Waals surface area contributed by atoms with Crippen molar-refractivity contribution in [1.82, 2.24) is 0 Å². The lowest BCUT2D eigenvalue weighted by Crippen LogP contribution is -2.03. The van der Waals surface area contributed by atoms with E-state index in [0.29, 0.717) is 6.42 Å². The van der Waals surface area contributed by atoms with Crippen LogP contribution in [0.15, 0.2) is 24.3 Å². The first-order chi connectivity index (χ1) is 5.68. The monoisotopic (exact) mass is 167 g/mol. The van der Waals surface area contributed by atoms with E-state index in [2.05, 4.69) is 0 Å². The van der Waals surface area contributed by atoms with Crippen molar-refractivity contribution in [3.8, 4) is 5.75 Å². The van der Waals surface area contributed by atoms with Crippen LogP contribution in [0.2, 0.25) is 0 Å². The standard InChI is InChI=1S/C8H9NO3/c10-8-3-1-2-7(6-8)4-5-9(11)12/h1-3,6,10H,4-5H2. The third kappa shape index (κ3) is 2.57. The summed E-state index contributed by atoms with van der Waals surface area (Å²) in [7, 11) is 0. The number of nitro groups is 1. The molecule has 0 radical (unpaired) electrons. The van der Waals surface area contributed by atoms with Crippen molar-refractivity contribution in [2.24, 2.45) is 0 Å². The normalized spacial score (nSPS) is 9.67. The van der Waals surface area contributed by atoms with Gasteiger partial charge in [0, 0.05) is 11.3 Å². The zero-order valence-electron chi connectivity index (χ0n) is 6.43. The summed E-state index contributed by atoms with van der Waals surface area (Å²) >= 11 is 0. The van der Waals surface area contributed by atoms with Gasteiger partial charge < -0.3 is 5.11 Å². The van der Waals surface area contributed by atoms with Crippen molar-refractivity contribution in [3.63, 3.8) is 0 Å².